The number of benzene rings is 1. The summed E-state index contributed by atoms with van der Waals surface area (Å²) in [5, 5.41) is 21.2. The average molecular weight is 266 g/mol. The van der Waals surface area contributed by atoms with E-state index in [0.717, 1.165) is 12.8 Å². The van der Waals surface area contributed by atoms with Gasteiger partial charge < -0.3 is 15.6 Å². The molecular formula is C13H18N2O4. The van der Waals surface area contributed by atoms with Crippen molar-refractivity contribution in [1.29, 1.82) is 0 Å². The summed E-state index contributed by atoms with van der Waals surface area (Å²) in [7, 11) is 0. The van der Waals surface area contributed by atoms with Gasteiger partial charge in [0.05, 0.1) is 10.5 Å². The molecule has 1 saturated carbocycles. The fraction of sp³-hybridized carbons (Fsp3) is 0.538. The smallest absolute Gasteiger partial charge is 0.311 e. The van der Waals surface area contributed by atoms with E-state index in [1.54, 1.807) is 12.1 Å². The van der Waals surface area contributed by atoms with Gasteiger partial charge in [-0.3, -0.25) is 10.1 Å². The van der Waals surface area contributed by atoms with Crippen LogP contribution in [0.2, 0.25) is 0 Å². The number of nitrogens with zero attached hydrogens (tertiary/aromatic N) is 1. The van der Waals surface area contributed by atoms with Gasteiger partial charge in [0.1, 0.15) is 6.61 Å². The maximum atomic E-state index is 11.0. The second-order valence-electron chi connectivity index (χ2n) is 4.98. The SMILES string of the molecule is NCc1ccc(OCC2(O)CCCC2)c([N+](=O)[O-])c1. The Kier molecular flexibility index (Phi) is 4.01. The first-order valence-electron chi connectivity index (χ1n) is 6.37. The summed E-state index contributed by atoms with van der Waals surface area (Å²) in [5.41, 5.74) is 5.19. The molecule has 104 valence electrons. The zero-order valence-corrected chi connectivity index (χ0v) is 10.7. The van der Waals surface area contributed by atoms with Crippen LogP contribution in [0.15, 0.2) is 18.2 Å². The molecule has 6 heteroatoms. The van der Waals surface area contributed by atoms with Crippen molar-refractivity contribution in [2.75, 3.05) is 6.61 Å². The normalized spacial score (nSPS) is 17.4. The predicted molar refractivity (Wildman–Crippen MR) is 69.9 cm³/mol. The van der Waals surface area contributed by atoms with E-state index in [4.69, 9.17) is 10.5 Å². The Balaban J connectivity index is 2.13. The van der Waals surface area contributed by atoms with Crippen molar-refractivity contribution >= 4 is 5.69 Å². The Morgan fingerprint density at radius 1 is 1.42 bits per heavy atom. The van der Waals surface area contributed by atoms with E-state index < -0.39 is 10.5 Å². The van der Waals surface area contributed by atoms with E-state index in [-0.39, 0.29) is 24.6 Å². The van der Waals surface area contributed by atoms with Crippen molar-refractivity contribution in [2.45, 2.75) is 37.8 Å². The third-order valence-corrected chi connectivity index (χ3v) is 3.49. The summed E-state index contributed by atoms with van der Waals surface area (Å²) >= 11 is 0. The van der Waals surface area contributed by atoms with Gasteiger partial charge in [-0.2, -0.15) is 0 Å². The van der Waals surface area contributed by atoms with Crippen LogP contribution in [0.5, 0.6) is 5.75 Å². The lowest BCUT2D eigenvalue weighted by molar-refractivity contribution is -0.386. The molecule has 0 aliphatic heterocycles. The molecule has 1 aromatic carbocycles. The van der Waals surface area contributed by atoms with Crippen LogP contribution in [0.1, 0.15) is 31.2 Å². The van der Waals surface area contributed by atoms with Gasteiger partial charge in [-0.15, -0.1) is 0 Å². The summed E-state index contributed by atoms with van der Waals surface area (Å²) in [6, 6.07) is 4.65. The number of ether oxygens (including phenoxy) is 1. The molecule has 0 atom stereocenters. The maximum absolute atomic E-state index is 11.0. The van der Waals surface area contributed by atoms with E-state index in [9.17, 15) is 15.2 Å². The first kappa shape index (κ1) is 13.8. The Labute approximate surface area is 111 Å². The molecule has 0 aromatic heterocycles. The maximum Gasteiger partial charge on any atom is 0.311 e. The zero-order valence-electron chi connectivity index (χ0n) is 10.7. The van der Waals surface area contributed by atoms with Gasteiger partial charge in [0, 0.05) is 12.6 Å². The second kappa shape index (κ2) is 5.54. The standard InChI is InChI=1S/C13H18N2O4/c14-8-10-3-4-12(11(7-10)15(17)18)19-9-13(16)5-1-2-6-13/h3-4,7,16H,1-2,5-6,8-9,14H2. The van der Waals surface area contributed by atoms with E-state index in [1.165, 1.54) is 6.07 Å². The lowest BCUT2D eigenvalue weighted by Crippen LogP contribution is -2.32. The Bertz CT molecular complexity index is 470. The van der Waals surface area contributed by atoms with E-state index >= 15 is 0 Å². The second-order valence-corrected chi connectivity index (χ2v) is 4.98. The number of rotatable bonds is 5. The van der Waals surface area contributed by atoms with Crippen molar-refractivity contribution in [1.82, 2.24) is 0 Å². The summed E-state index contributed by atoms with van der Waals surface area (Å²) in [4.78, 5) is 10.5. The van der Waals surface area contributed by atoms with Gasteiger partial charge in [-0.05, 0) is 24.5 Å². The van der Waals surface area contributed by atoms with Gasteiger partial charge in [0.15, 0.2) is 5.75 Å². The summed E-state index contributed by atoms with van der Waals surface area (Å²) in [5.74, 6) is 0.183. The highest BCUT2D eigenvalue weighted by atomic mass is 16.6. The largest absolute Gasteiger partial charge is 0.484 e. The van der Waals surface area contributed by atoms with Gasteiger partial charge in [-0.25, -0.2) is 0 Å². The topological polar surface area (TPSA) is 98.6 Å². The number of aliphatic hydroxyl groups is 1. The molecule has 0 radical (unpaired) electrons. The molecule has 0 heterocycles. The van der Waals surface area contributed by atoms with Crippen molar-refractivity contribution in [3.05, 3.63) is 33.9 Å². The molecule has 2 rings (SSSR count). The minimum Gasteiger partial charge on any atom is -0.484 e. The molecule has 1 fully saturated rings. The van der Waals surface area contributed by atoms with Crippen LogP contribution in [0, 0.1) is 10.1 Å². The van der Waals surface area contributed by atoms with Crippen LogP contribution in [0.4, 0.5) is 5.69 Å². The number of hydrogen-bond acceptors (Lipinski definition) is 5. The molecule has 1 aromatic rings. The fourth-order valence-electron chi connectivity index (χ4n) is 2.34. The summed E-state index contributed by atoms with van der Waals surface area (Å²) < 4.78 is 5.45. The van der Waals surface area contributed by atoms with Gasteiger partial charge in [-0.1, -0.05) is 18.9 Å². The van der Waals surface area contributed by atoms with Crippen LogP contribution in [-0.4, -0.2) is 22.2 Å². The lowest BCUT2D eigenvalue weighted by Gasteiger charge is -2.22. The van der Waals surface area contributed by atoms with E-state index in [0.29, 0.717) is 18.4 Å². The Morgan fingerprint density at radius 2 is 2.11 bits per heavy atom. The molecule has 1 aliphatic carbocycles. The van der Waals surface area contributed by atoms with Gasteiger partial charge >= 0.3 is 5.69 Å². The Hall–Kier alpha value is -1.66. The van der Waals surface area contributed by atoms with Crippen LogP contribution in [-0.2, 0) is 6.54 Å². The minimum atomic E-state index is -0.847. The summed E-state index contributed by atoms with van der Waals surface area (Å²) in [6.45, 7) is 0.334. The lowest BCUT2D eigenvalue weighted by atomic mass is 10.0. The highest BCUT2D eigenvalue weighted by Gasteiger charge is 2.32. The first-order valence-corrected chi connectivity index (χ1v) is 6.37. The van der Waals surface area contributed by atoms with Gasteiger partial charge in [0.2, 0.25) is 0 Å². The van der Waals surface area contributed by atoms with E-state index in [2.05, 4.69) is 0 Å². The molecule has 0 spiro atoms. The Morgan fingerprint density at radius 3 is 2.68 bits per heavy atom. The summed E-state index contributed by atoms with van der Waals surface area (Å²) in [6.07, 6.45) is 3.30. The molecule has 0 amide bonds. The molecule has 0 unspecified atom stereocenters. The highest BCUT2D eigenvalue weighted by Crippen LogP contribution is 2.33. The predicted octanol–water partition coefficient (Wildman–Crippen LogP) is 1.74. The number of hydrogen-bond donors (Lipinski definition) is 2. The zero-order chi connectivity index (χ0) is 13.9. The van der Waals surface area contributed by atoms with Crippen molar-refractivity contribution in [3.8, 4) is 5.75 Å². The molecule has 6 nitrogen and oxygen atoms in total. The monoisotopic (exact) mass is 266 g/mol. The van der Waals surface area contributed by atoms with Crippen LogP contribution >= 0.6 is 0 Å². The first-order chi connectivity index (χ1) is 9.04. The molecule has 3 N–H and O–H groups in total. The van der Waals surface area contributed by atoms with Crippen molar-refractivity contribution < 1.29 is 14.8 Å². The number of nitro benzene ring substituents is 1. The number of nitrogens with two attached hydrogens (primary N) is 1. The molecule has 19 heavy (non-hydrogen) atoms. The van der Waals surface area contributed by atoms with Crippen LogP contribution in [0.3, 0.4) is 0 Å². The molecule has 1 aliphatic rings. The number of nitro groups is 1. The highest BCUT2D eigenvalue weighted by molar-refractivity contribution is 5.48. The van der Waals surface area contributed by atoms with Crippen molar-refractivity contribution in [2.24, 2.45) is 5.73 Å². The molecule has 0 saturated heterocycles. The molecule has 0 bridgehead atoms. The van der Waals surface area contributed by atoms with Crippen LogP contribution in [0.25, 0.3) is 0 Å². The van der Waals surface area contributed by atoms with Crippen molar-refractivity contribution in [3.63, 3.8) is 0 Å². The average Bonchev–Trinajstić information content (AvgIpc) is 2.83. The van der Waals surface area contributed by atoms with Gasteiger partial charge in [0.25, 0.3) is 0 Å². The third-order valence-electron chi connectivity index (χ3n) is 3.49. The fourth-order valence-corrected chi connectivity index (χ4v) is 2.34. The third kappa shape index (κ3) is 3.21. The van der Waals surface area contributed by atoms with Crippen LogP contribution < -0.4 is 10.5 Å². The molecular weight excluding hydrogens is 248 g/mol. The minimum absolute atomic E-state index is 0.0931. The van der Waals surface area contributed by atoms with E-state index in [1.807, 2.05) is 0 Å². The quantitative estimate of drug-likeness (QED) is 0.624.